The largest absolute Gasteiger partial charge is 0.380 e. The van der Waals surface area contributed by atoms with E-state index in [0.29, 0.717) is 6.42 Å². The fourth-order valence-corrected chi connectivity index (χ4v) is 3.21. The molecule has 1 N–H and O–H groups in total. The van der Waals surface area contributed by atoms with E-state index in [1.165, 1.54) is 0 Å². The Hall–Kier alpha value is -2.39. The molecule has 0 saturated carbocycles. The van der Waals surface area contributed by atoms with Crippen molar-refractivity contribution in [1.29, 1.82) is 0 Å². The van der Waals surface area contributed by atoms with Crippen LogP contribution in [0.5, 0.6) is 0 Å². The molecule has 0 bridgehead atoms. The maximum absolute atomic E-state index is 11.6. The number of hydrogen-bond acceptors (Lipinski definition) is 2. The van der Waals surface area contributed by atoms with Crippen molar-refractivity contribution in [3.05, 3.63) is 90.0 Å². The zero-order chi connectivity index (χ0) is 16.3. The molecule has 3 nitrogen and oxygen atoms in total. The van der Waals surface area contributed by atoms with E-state index in [0.717, 1.165) is 17.0 Å². The summed E-state index contributed by atoms with van der Waals surface area (Å²) in [7, 11) is 0. The van der Waals surface area contributed by atoms with Gasteiger partial charge < -0.3 is 9.67 Å². The molecule has 1 atom stereocenters. The van der Waals surface area contributed by atoms with Crippen LogP contribution in [0.3, 0.4) is 0 Å². The first-order chi connectivity index (χ1) is 11.1. The number of aliphatic hydroxyl groups is 1. The van der Waals surface area contributed by atoms with Crippen LogP contribution in [0.2, 0.25) is 0 Å². The highest BCUT2D eigenvalue weighted by Gasteiger charge is 2.33. The maximum Gasteiger partial charge on any atom is 0.117 e. The summed E-state index contributed by atoms with van der Waals surface area (Å²) in [6, 6.07) is 19.9. The molecule has 1 unspecified atom stereocenters. The Labute approximate surface area is 137 Å². The summed E-state index contributed by atoms with van der Waals surface area (Å²) >= 11 is 0. The van der Waals surface area contributed by atoms with Crippen molar-refractivity contribution in [2.24, 2.45) is 0 Å². The second-order valence-corrected chi connectivity index (χ2v) is 6.03. The monoisotopic (exact) mass is 306 g/mol. The predicted molar refractivity (Wildman–Crippen MR) is 92.2 cm³/mol. The van der Waals surface area contributed by atoms with Gasteiger partial charge in [0.1, 0.15) is 11.4 Å². The molecule has 23 heavy (non-hydrogen) atoms. The van der Waals surface area contributed by atoms with Gasteiger partial charge in [0, 0.05) is 24.9 Å². The summed E-state index contributed by atoms with van der Waals surface area (Å²) in [6.07, 6.45) is 4.35. The normalized spacial score (nSPS) is 13.0. The van der Waals surface area contributed by atoms with E-state index in [9.17, 15) is 5.11 Å². The quantitative estimate of drug-likeness (QED) is 0.771. The minimum atomic E-state index is -1.03. The van der Waals surface area contributed by atoms with E-state index in [1.807, 2.05) is 73.8 Å². The van der Waals surface area contributed by atoms with E-state index in [1.54, 1.807) is 6.20 Å². The van der Waals surface area contributed by atoms with Crippen LogP contribution < -0.4 is 0 Å². The van der Waals surface area contributed by atoms with Gasteiger partial charge in [-0.25, -0.2) is 4.98 Å². The molecule has 3 aromatic rings. The van der Waals surface area contributed by atoms with Gasteiger partial charge in [0.2, 0.25) is 0 Å². The van der Waals surface area contributed by atoms with Gasteiger partial charge in [0.15, 0.2) is 0 Å². The fourth-order valence-electron chi connectivity index (χ4n) is 3.21. The Bertz CT molecular complexity index is 710. The van der Waals surface area contributed by atoms with E-state index in [4.69, 9.17) is 0 Å². The first kappa shape index (κ1) is 15.5. The second kappa shape index (κ2) is 6.39. The number of aryl methyl sites for hydroxylation is 1. The Morgan fingerprint density at radius 1 is 1.00 bits per heavy atom. The summed E-state index contributed by atoms with van der Waals surface area (Å²) in [5.41, 5.74) is 0.796. The van der Waals surface area contributed by atoms with Gasteiger partial charge in [-0.15, -0.1) is 0 Å². The summed E-state index contributed by atoms with van der Waals surface area (Å²) in [5.74, 6) is 0.959. The molecule has 0 radical (unpaired) electrons. The average molecular weight is 306 g/mol. The molecule has 1 aromatic heterocycles. The molecule has 0 fully saturated rings. The number of nitrogens with zero attached hydrogens (tertiary/aromatic N) is 2. The number of imidazole rings is 1. The van der Waals surface area contributed by atoms with Crippen molar-refractivity contribution in [3.63, 3.8) is 0 Å². The molecule has 0 aliphatic rings. The van der Waals surface area contributed by atoms with Crippen LogP contribution in [-0.2, 0) is 5.60 Å². The van der Waals surface area contributed by atoms with Crippen molar-refractivity contribution in [3.8, 4) is 0 Å². The number of aromatic nitrogens is 2. The summed E-state index contributed by atoms with van der Waals surface area (Å²) in [5, 5.41) is 11.6. The topological polar surface area (TPSA) is 38.0 Å². The molecular weight excluding hydrogens is 284 g/mol. The molecule has 3 rings (SSSR count). The van der Waals surface area contributed by atoms with Gasteiger partial charge in [0.25, 0.3) is 0 Å². The lowest BCUT2D eigenvalue weighted by Gasteiger charge is -2.33. The van der Waals surface area contributed by atoms with Crippen molar-refractivity contribution in [2.45, 2.75) is 31.9 Å². The minimum absolute atomic E-state index is 0.128. The van der Waals surface area contributed by atoms with Crippen LogP contribution in [0.4, 0.5) is 0 Å². The highest BCUT2D eigenvalue weighted by molar-refractivity contribution is 5.36. The lowest BCUT2D eigenvalue weighted by atomic mass is 9.81. The van der Waals surface area contributed by atoms with Crippen molar-refractivity contribution in [2.75, 3.05) is 0 Å². The number of rotatable bonds is 5. The lowest BCUT2D eigenvalue weighted by Crippen LogP contribution is -2.30. The molecular formula is C20H22N2O. The van der Waals surface area contributed by atoms with Gasteiger partial charge in [-0.3, -0.25) is 0 Å². The zero-order valence-corrected chi connectivity index (χ0v) is 13.6. The van der Waals surface area contributed by atoms with Gasteiger partial charge >= 0.3 is 0 Å². The first-order valence-electron chi connectivity index (χ1n) is 7.94. The SMILES string of the molecule is Cc1nccn1C(C)CC(O)(c1ccccc1)c1ccccc1. The van der Waals surface area contributed by atoms with Crippen molar-refractivity contribution in [1.82, 2.24) is 9.55 Å². The van der Waals surface area contributed by atoms with E-state index in [-0.39, 0.29) is 6.04 Å². The molecule has 118 valence electrons. The zero-order valence-electron chi connectivity index (χ0n) is 13.6. The summed E-state index contributed by atoms with van der Waals surface area (Å²) in [4.78, 5) is 4.29. The Morgan fingerprint density at radius 3 is 1.96 bits per heavy atom. The van der Waals surface area contributed by atoms with Crippen LogP contribution in [0.1, 0.15) is 36.3 Å². The van der Waals surface area contributed by atoms with E-state index in [2.05, 4.69) is 16.5 Å². The van der Waals surface area contributed by atoms with E-state index < -0.39 is 5.60 Å². The predicted octanol–water partition coefficient (Wildman–Crippen LogP) is 4.08. The Kier molecular flexibility index (Phi) is 4.30. The van der Waals surface area contributed by atoms with Crippen LogP contribution in [0.25, 0.3) is 0 Å². The highest BCUT2D eigenvalue weighted by atomic mass is 16.3. The van der Waals surface area contributed by atoms with Gasteiger partial charge in [-0.2, -0.15) is 0 Å². The third kappa shape index (κ3) is 3.06. The third-order valence-electron chi connectivity index (χ3n) is 4.43. The Morgan fingerprint density at radius 2 is 1.52 bits per heavy atom. The average Bonchev–Trinajstić information content (AvgIpc) is 3.02. The molecule has 0 saturated heterocycles. The standard InChI is InChI=1S/C20H22N2O/c1-16(22-14-13-21-17(22)2)15-20(23,18-9-5-3-6-10-18)19-11-7-4-8-12-19/h3-14,16,23H,15H2,1-2H3. The highest BCUT2D eigenvalue weighted by Crippen LogP contribution is 2.37. The molecule has 2 aromatic carbocycles. The van der Waals surface area contributed by atoms with Crippen LogP contribution in [-0.4, -0.2) is 14.7 Å². The molecule has 0 aliphatic carbocycles. The summed E-state index contributed by atoms with van der Waals surface area (Å²) in [6.45, 7) is 4.10. The van der Waals surface area contributed by atoms with E-state index >= 15 is 0 Å². The van der Waals surface area contributed by atoms with Crippen LogP contribution >= 0.6 is 0 Å². The minimum Gasteiger partial charge on any atom is -0.380 e. The molecule has 0 aliphatic heterocycles. The fraction of sp³-hybridized carbons (Fsp3) is 0.250. The maximum atomic E-state index is 11.6. The lowest BCUT2D eigenvalue weighted by molar-refractivity contribution is 0.0562. The molecule has 1 heterocycles. The number of hydrogen-bond donors (Lipinski definition) is 1. The van der Waals surface area contributed by atoms with Gasteiger partial charge in [-0.1, -0.05) is 60.7 Å². The third-order valence-corrected chi connectivity index (χ3v) is 4.43. The van der Waals surface area contributed by atoms with Crippen molar-refractivity contribution < 1.29 is 5.11 Å². The number of benzene rings is 2. The second-order valence-electron chi connectivity index (χ2n) is 6.03. The Balaban J connectivity index is 2.01. The van der Waals surface area contributed by atoms with Crippen molar-refractivity contribution >= 4 is 0 Å². The van der Waals surface area contributed by atoms with Gasteiger partial charge in [0.05, 0.1) is 0 Å². The molecule has 0 spiro atoms. The van der Waals surface area contributed by atoms with Crippen LogP contribution in [0.15, 0.2) is 73.1 Å². The smallest absolute Gasteiger partial charge is 0.117 e. The molecule has 3 heteroatoms. The summed E-state index contributed by atoms with van der Waals surface area (Å²) < 4.78 is 2.11. The van der Waals surface area contributed by atoms with Crippen LogP contribution in [0, 0.1) is 6.92 Å². The first-order valence-corrected chi connectivity index (χ1v) is 7.94. The van der Waals surface area contributed by atoms with Gasteiger partial charge in [-0.05, 0) is 25.0 Å². The molecule has 0 amide bonds.